The number of primary amides is 1. The third-order valence-electron chi connectivity index (χ3n) is 3.65. The second kappa shape index (κ2) is 6.96. The molecule has 2 aromatic heterocycles. The molecule has 0 fully saturated rings. The lowest BCUT2D eigenvalue weighted by atomic mass is 9.98. The highest BCUT2D eigenvalue weighted by Gasteiger charge is 2.16. The summed E-state index contributed by atoms with van der Waals surface area (Å²) in [6.45, 7) is 0.335. The molecular formula is C16H15BrFN5O. The van der Waals surface area contributed by atoms with Crippen molar-refractivity contribution < 1.29 is 9.18 Å². The van der Waals surface area contributed by atoms with Gasteiger partial charge in [0.05, 0.1) is 16.6 Å². The van der Waals surface area contributed by atoms with Crippen LogP contribution in [-0.4, -0.2) is 27.0 Å². The number of halogens is 2. The Hall–Kier alpha value is -2.48. The average molecular weight is 392 g/mol. The van der Waals surface area contributed by atoms with Crippen molar-refractivity contribution in [3.63, 3.8) is 0 Å². The second-order valence-electron chi connectivity index (χ2n) is 5.38. The first-order valence-corrected chi connectivity index (χ1v) is 8.10. The van der Waals surface area contributed by atoms with Crippen LogP contribution in [0, 0.1) is 11.7 Å². The Balaban J connectivity index is 1.69. The highest BCUT2D eigenvalue weighted by atomic mass is 79.9. The minimum absolute atomic E-state index is 0.309. The molecule has 8 heteroatoms. The molecule has 3 N–H and O–H groups in total. The molecule has 1 aromatic carbocycles. The monoisotopic (exact) mass is 391 g/mol. The van der Waals surface area contributed by atoms with E-state index in [1.165, 1.54) is 12.1 Å². The van der Waals surface area contributed by atoms with Crippen LogP contribution in [0.5, 0.6) is 0 Å². The second-order valence-corrected chi connectivity index (χ2v) is 6.24. The van der Waals surface area contributed by atoms with E-state index in [2.05, 4.69) is 31.3 Å². The molecule has 0 aliphatic rings. The van der Waals surface area contributed by atoms with E-state index in [1.807, 2.05) is 0 Å². The Bertz CT molecular complexity index is 865. The maximum atomic E-state index is 13.0. The minimum Gasteiger partial charge on any atom is -0.369 e. The van der Waals surface area contributed by atoms with Crippen molar-refractivity contribution in [1.29, 1.82) is 0 Å². The highest BCUT2D eigenvalue weighted by molar-refractivity contribution is 9.10. The van der Waals surface area contributed by atoms with Gasteiger partial charge in [0.25, 0.3) is 0 Å². The number of nitrogens with one attached hydrogen (secondary N) is 1. The summed E-state index contributed by atoms with van der Waals surface area (Å²) in [4.78, 5) is 16.1. The molecule has 1 unspecified atom stereocenters. The summed E-state index contributed by atoms with van der Waals surface area (Å²) in [6, 6.07) is 7.81. The molecule has 3 rings (SSSR count). The molecule has 1 atom stereocenters. The zero-order valence-electron chi connectivity index (χ0n) is 12.6. The van der Waals surface area contributed by atoms with Gasteiger partial charge in [0.2, 0.25) is 5.91 Å². The largest absolute Gasteiger partial charge is 0.369 e. The topological polar surface area (TPSA) is 85.3 Å². The molecule has 24 heavy (non-hydrogen) atoms. The molecule has 0 radical (unpaired) electrons. The van der Waals surface area contributed by atoms with Gasteiger partial charge in [0, 0.05) is 12.7 Å². The lowest BCUT2D eigenvalue weighted by Crippen LogP contribution is -2.31. The fraction of sp³-hybridized carbons (Fsp3) is 0.188. The summed E-state index contributed by atoms with van der Waals surface area (Å²) in [7, 11) is 0. The van der Waals surface area contributed by atoms with E-state index < -0.39 is 11.8 Å². The van der Waals surface area contributed by atoms with Crippen molar-refractivity contribution in [2.45, 2.75) is 6.42 Å². The van der Waals surface area contributed by atoms with Crippen molar-refractivity contribution in [3.05, 3.63) is 58.6 Å². The maximum absolute atomic E-state index is 13.0. The van der Waals surface area contributed by atoms with Crippen LogP contribution in [0.4, 0.5) is 10.2 Å². The SMILES string of the molecule is NC(=O)C(CNc1ccn2ncc(Br)c2n1)Cc1ccc(F)cc1. The van der Waals surface area contributed by atoms with Crippen molar-refractivity contribution >= 4 is 33.3 Å². The fourth-order valence-corrected chi connectivity index (χ4v) is 2.71. The number of carbonyl (C=O) groups is 1. The Morgan fingerprint density at radius 1 is 1.33 bits per heavy atom. The number of nitrogens with two attached hydrogens (primary N) is 1. The van der Waals surface area contributed by atoms with Gasteiger partial charge in [0.1, 0.15) is 11.6 Å². The van der Waals surface area contributed by atoms with E-state index in [4.69, 9.17) is 5.73 Å². The zero-order valence-corrected chi connectivity index (χ0v) is 14.2. The molecule has 0 saturated heterocycles. The number of fused-ring (bicyclic) bond motifs is 1. The number of hydrogen-bond donors (Lipinski definition) is 2. The number of rotatable bonds is 6. The van der Waals surface area contributed by atoms with E-state index in [-0.39, 0.29) is 5.82 Å². The number of nitrogens with zero attached hydrogens (tertiary/aromatic N) is 3. The molecule has 2 heterocycles. The van der Waals surface area contributed by atoms with Gasteiger partial charge in [-0.25, -0.2) is 13.9 Å². The third kappa shape index (κ3) is 3.70. The molecule has 3 aromatic rings. The van der Waals surface area contributed by atoms with Crippen LogP contribution in [0.25, 0.3) is 5.65 Å². The summed E-state index contributed by atoms with van der Waals surface area (Å²) >= 11 is 3.38. The number of hydrogen-bond acceptors (Lipinski definition) is 4. The Labute approximate surface area is 146 Å². The molecule has 0 spiro atoms. The Kier molecular flexibility index (Phi) is 4.75. The quantitative estimate of drug-likeness (QED) is 0.675. The van der Waals surface area contributed by atoms with Crippen molar-refractivity contribution in [2.24, 2.45) is 11.7 Å². The van der Waals surface area contributed by atoms with E-state index in [0.717, 1.165) is 10.0 Å². The number of amides is 1. The fourth-order valence-electron chi connectivity index (χ4n) is 2.35. The normalized spacial score (nSPS) is 12.2. The first-order valence-electron chi connectivity index (χ1n) is 7.30. The lowest BCUT2D eigenvalue weighted by molar-refractivity contribution is -0.121. The smallest absolute Gasteiger partial charge is 0.222 e. The van der Waals surface area contributed by atoms with Crippen LogP contribution in [-0.2, 0) is 11.2 Å². The average Bonchev–Trinajstić information content (AvgIpc) is 2.94. The van der Waals surface area contributed by atoms with Gasteiger partial charge < -0.3 is 11.1 Å². The van der Waals surface area contributed by atoms with Gasteiger partial charge >= 0.3 is 0 Å². The molecule has 0 aliphatic heterocycles. The predicted octanol–water partition coefficient (Wildman–Crippen LogP) is 2.39. The zero-order chi connectivity index (χ0) is 17.1. The number of aromatic nitrogens is 3. The van der Waals surface area contributed by atoms with E-state index in [9.17, 15) is 9.18 Å². The van der Waals surface area contributed by atoms with Crippen LogP contribution in [0.2, 0.25) is 0 Å². The van der Waals surface area contributed by atoms with Crippen LogP contribution in [0.15, 0.2) is 47.2 Å². The minimum atomic E-state index is -0.429. The maximum Gasteiger partial charge on any atom is 0.222 e. The number of anilines is 1. The summed E-state index contributed by atoms with van der Waals surface area (Å²) in [5, 5.41) is 7.24. The van der Waals surface area contributed by atoms with Crippen LogP contribution < -0.4 is 11.1 Å². The number of carbonyl (C=O) groups excluding carboxylic acids is 1. The van der Waals surface area contributed by atoms with E-state index in [1.54, 1.807) is 35.1 Å². The van der Waals surface area contributed by atoms with Gasteiger partial charge in [0.15, 0.2) is 5.65 Å². The Morgan fingerprint density at radius 3 is 2.79 bits per heavy atom. The van der Waals surface area contributed by atoms with Crippen LogP contribution in [0.3, 0.4) is 0 Å². The van der Waals surface area contributed by atoms with Crippen molar-refractivity contribution in [1.82, 2.24) is 14.6 Å². The van der Waals surface area contributed by atoms with Gasteiger partial charge in [-0.2, -0.15) is 5.10 Å². The predicted molar refractivity (Wildman–Crippen MR) is 92.0 cm³/mol. The third-order valence-corrected chi connectivity index (χ3v) is 4.21. The number of benzene rings is 1. The van der Waals surface area contributed by atoms with Gasteiger partial charge in [-0.3, -0.25) is 4.79 Å². The molecule has 0 saturated carbocycles. The summed E-state index contributed by atoms with van der Waals surface area (Å²) in [6.07, 6.45) is 3.86. The van der Waals surface area contributed by atoms with Gasteiger partial charge in [-0.15, -0.1) is 0 Å². The lowest BCUT2D eigenvalue weighted by Gasteiger charge is -2.15. The molecule has 6 nitrogen and oxygen atoms in total. The summed E-state index contributed by atoms with van der Waals surface area (Å²) < 4.78 is 15.4. The van der Waals surface area contributed by atoms with Crippen LogP contribution in [0.1, 0.15) is 5.56 Å². The molecule has 1 amide bonds. The van der Waals surface area contributed by atoms with Crippen LogP contribution >= 0.6 is 15.9 Å². The first kappa shape index (κ1) is 16.4. The molecular weight excluding hydrogens is 377 g/mol. The first-order chi connectivity index (χ1) is 11.5. The molecule has 0 bridgehead atoms. The standard InChI is InChI=1S/C16H15BrFN5O/c17-13-9-21-23-6-5-14(22-16(13)23)20-8-11(15(19)24)7-10-1-3-12(18)4-2-10/h1-6,9,11H,7-8H2,(H2,19,24)(H,20,22). The summed E-state index contributed by atoms with van der Waals surface area (Å²) in [5.74, 6) is -0.536. The van der Waals surface area contributed by atoms with Gasteiger partial charge in [-0.05, 0) is 46.1 Å². The van der Waals surface area contributed by atoms with E-state index >= 15 is 0 Å². The summed E-state index contributed by atoms with van der Waals surface area (Å²) in [5.41, 5.74) is 7.01. The molecule has 0 aliphatic carbocycles. The Morgan fingerprint density at radius 2 is 2.08 bits per heavy atom. The van der Waals surface area contributed by atoms with Gasteiger partial charge in [-0.1, -0.05) is 12.1 Å². The highest BCUT2D eigenvalue weighted by Crippen LogP contribution is 2.17. The molecule has 124 valence electrons. The van der Waals surface area contributed by atoms with E-state index in [0.29, 0.717) is 24.4 Å². The van der Waals surface area contributed by atoms with Crippen molar-refractivity contribution in [3.8, 4) is 0 Å². The van der Waals surface area contributed by atoms with Crippen molar-refractivity contribution in [2.75, 3.05) is 11.9 Å².